The Bertz CT molecular complexity index is 321. The van der Waals surface area contributed by atoms with Gasteiger partial charge in [0.05, 0.1) is 13.2 Å². The molecule has 0 saturated heterocycles. The molecule has 0 bridgehead atoms. The molecule has 84 valence electrons. The summed E-state index contributed by atoms with van der Waals surface area (Å²) in [5.41, 5.74) is 5.22. The van der Waals surface area contributed by atoms with Gasteiger partial charge >= 0.3 is 0 Å². The van der Waals surface area contributed by atoms with E-state index in [1.807, 2.05) is 0 Å². The van der Waals surface area contributed by atoms with E-state index in [0.717, 1.165) is 0 Å². The van der Waals surface area contributed by atoms with Gasteiger partial charge in [-0.1, -0.05) is 0 Å². The molecule has 0 aliphatic heterocycles. The van der Waals surface area contributed by atoms with Crippen LogP contribution in [0.3, 0.4) is 0 Å². The highest BCUT2D eigenvalue weighted by Crippen LogP contribution is 2.07. The van der Waals surface area contributed by atoms with Gasteiger partial charge in [0.25, 0.3) is 5.91 Å². The minimum Gasteiger partial charge on any atom is -0.395 e. The number of hydrogen-bond acceptors (Lipinski definition) is 7. The summed E-state index contributed by atoms with van der Waals surface area (Å²) >= 11 is 0. The number of aromatic nitrogens is 2. The number of nitrogen functional groups attached to an aromatic ring is 1. The maximum atomic E-state index is 11.7. The van der Waals surface area contributed by atoms with E-state index in [2.05, 4.69) is 14.9 Å². The molecule has 8 nitrogen and oxygen atoms in total. The van der Waals surface area contributed by atoms with Crippen molar-refractivity contribution in [2.75, 3.05) is 32.0 Å². The molecule has 0 saturated carbocycles. The molecule has 0 aliphatic carbocycles. The van der Waals surface area contributed by atoms with E-state index in [-0.39, 0.29) is 37.8 Å². The zero-order valence-corrected chi connectivity index (χ0v) is 7.96. The van der Waals surface area contributed by atoms with Crippen LogP contribution in [0.4, 0.5) is 5.82 Å². The van der Waals surface area contributed by atoms with Crippen LogP contribution >= 0.6 is 0 Å². The summed E-state index contributed by atoms with van der Waals surface area (Å²) in [7, 11) is 0. The highest BCUT2D eigenvalue weighted by Gasteiger charge is 2.21. The van der Waals surface area contributed by atoms with Crippen molar-refractivity contribution in [2.45, 2.75) is 0 Å². The van der Waals surface area contributed by atoms with Gasteiger partial charge in [0.2, 0.25) is 11.5 Å². The number of amides is 1. The molecule has 0 unspecified atom stereocenters. The third kappa shape index (κ3) is 2.64. The summed E-state index contributed by atoms with van der Waals surface area (Å²) in [4.78, 5) is 12.9. The van der Waals surface area contributed by atoms with Crippen molar-refractivity contribution >= 4 is 11.7 Å². The van der Waals surface area contributed by atoms with Crippen molar-refractivity contribution in [1.82, 2.24) is 15.2 Å². The maximum absolute atomic E-state index is 11.7. The van der Waals surface area contributed by atoms with Crippen LogP contribution in [0.5, 0.6) is 0 Å². The quantitative estimate of drug-likeness (QED) is 0.523. The number of carbonyl (C=O) groups is 1. The fraction of sp³-hybridized carbons (Fsp3) is 0.571. The van der Waals surface area contributed by atoms with Gasteiger partial charge < -0.3 is 20.8 Å². The van der Waals surface area contributed by atoms with Gasteiger partial charge in [0.15, 0.2) is 0 Å². The average Bonchev–Trinajstić information content (AvgIpc) is 2.63. The van der Waals surface area contributed by atoms with E-state index >= 15 is 0 Å². The first-order valence-electron chi connectivity index (χ1n) is 4.29. The van der Waals surface area contributed by atoms with Crippen molar-refractivity contribution < 1.29 is 19.6 Å². The van der Waals surface area contributed by atoms with Crippen LogP contribution in [0.2, 0.25) is 0 Å². The highest BCUT2D eigenvalue weighted by molar-refractivity contribution is 5.96. The zero-order valence-electron chi connectivity index (χ0n) is 7.96. The summed E-state index contributed by atoms with van der Waals surface area (Å²) in [5.74, 6) is -0.641. The highest BCUT2D eigenvalue weighted by atomic mass is 16.6. The number of hydrogen-bond donors (Lipinski definition) is 3. The van der Waals surface area contributed by atoms with Crippen LogP contribution in [0.25, 0.3) is 0 Å². The van der Waals surface area contributed by atoms with Crippen molar-refractivity contribution in [2.24, 2.45) is 0 Å². The third-order valence-corrected chi connectivity index (χ3v) is 1.74. The summed E-state index contributed by atoms with van der Waals surface area (Å²) in [6.45, 7) is -0.245. The van der Waals surface area contributed by atoms with Gasteiger partial charge in [-0.05, 0) is 10.3 Å². The predicted molar refractivity (Wildman–Crippen MR) is 48.8 cm³/mol. The lowest BCUT2D eigenvalue weighted by Gasteiger charge is -2.18. The second-order valence-electron chi connectivity index (χ2n) is 2.74. The van der Waals surface area contributed by atoms with Crippen molar-refractivity contribution in [3.63, 3.8) is 0 Å². The smallest absolute Gasteiger partial charge is 0.280 e. The van der Waals surface area contributed by atoms with Crippen molar-refractivity contribution in [3.8, 4) is 0 Å². The second kappa shape index (κ2) is 5.27. The van der Waals surface area contributed by atoms with E-state index in [1.165, 1.54) is 4.90 Å². The molecule has 1 amide bonds. The first kappa shape index (κ1) is 11.4. The molecule has 1 aromatic rings. The summed E-state index contributed by atoms with van der Waals surface area (Å²) < 4.78 is 4.28. The van der Waals surface area contributed by atoms with Gasteiger partial charge in [0, 0.05) is 13.1 Å². The zero-order chi connectivity index (χ0) is 11.3. The molecular weight excluding hydrogens is 204 g/mol. The molecule has 4 N–H and O–H groups in total. The fourth-order valence-corrected chi connectivity index (χ4v) is 1.05. The molecule has 1 aromatic heterocycles. The minimum atomic E-state index is -0.531. The summed E-state index contributed by atoms with van der Waals surface area (Å²) in [5, 5.41) is 24.0. The Hall–Kier alpha value is -1.67. The topological polar surface area (TPSA) is 126 Å². The molecule has 0 aliphatic rings. The minimum absolute atomic E-state index is 0.0890. The number of anilines is 1. The fourth-order valence-electron chi connectivity index (χ4n) is 1.05. The summed E-state index contributed by atoms with van der Waals surface area (Å²) in [6.07, 6.45) is 0. The van der Waals surface area contributed by atoms with Crippen LogP contribution in [0, 0.1) is 0 Å². The Balaban J connectivity index is 2.76. The lowest BCUT2D eigenvalue weighted by molar-refractivity contribution is 0.0674. The van der Waals surface area contributed by atoms with Gasteiger partial charge in [-0.2, -0.15) is 0 Å². The molecule has 15 heavy (non-hydrogen) atoms. The van der Waals surface area contributed by atoms with Gasteiger partial charge in [0.1, 0.15) is 0 Å². The first-order valence-corrected chi connectivity index (χ1v) is 4.29. The normalized spacial score (nSPS) is 10.3. The Kier molecular flexibility index (Phi) is 4.01. The predicted octanol–water partition coefficient (Wildman–Crippen LogP) is -1.92. The first-order chi connectivity index (χ1) is 7.20. The van der Waals surface area contributed by atoms with Gasteiger partial charge in [-0.3, -0.25) is 4.79 Å². The molecule has 0 radical (unpaired) electrons. The number of aliphatic hydroxyl groups excluding tert-OH is 2. The molecule has 1 heterocycles. The molecule has 0 spiro atoms. The van der Waals surface area contributed by atoms with Crippen molar-refractivity contribution in [3.05, 3.63) is 5.69 Å². The van der Waals surface area contributed by atoms with E-state index in [4.69, 9.17) is 15.9 Å². The van der Waals surface area contributed by atoms with Crippen LogP contribution in [-0.4, -0.2) is 57.6 Å². The van der Waals surface area contributed by atoms with Crippen molar-refractivity contribution in [1.29, 1.82) is 0 Å². The molecular formula is C7H12N4O4. The van der Waals surface area contributed by atoms with Crippen LogP contribution < -0.4 is 5.73 Å². The number of rotatable bonds is 5. The average molecular weight is 216 g/mol. The number of carbonyl (C=O) groups excluding carboxylic acids is 1. The Morgan fingerprint density at radius 3 is 2.33 bits per heavy atom. The molecule has 0 aromatic carbocycles. The van der Waals surface area contributed by atoms with E-state index in [0.29, 0.717) is 0 Å². The largest absolute Gasteiger partial charge is 0.395 e. The molecule has 8 heteroatoms. The Labute approximate surface area is 85.2 Å². The van der Waals surface area contributed by atoms with Crippen LogP contribution in [-0.2, 0) is 0 Å². The molecule has 1 rings (SSSR count). The lowest BCUT2D eigenvalue weighted by atomic mass is 10.3. The standard InChI is InChI=1S/C7H12N4O4/c8-6-5(9-15-10-6)7(14)11(1-3-12)2-4-13/h12-13H,1-4H2,(H2,8,10). The Morgan fingerprint density at radius 2 is 1.93 bits per heavy atom. The van der Waals surface area contributed by atoms with E-state index in [1.54, 1.807) is 0 Å². The third-order valence-electron chi connectivity index (χ3n) is 1.74. The lowest BCUT2D eigenvalue weighted by Crippen LogP contribution is -2.36. The maximum Gasteiger partial charge on any atom is 0.280 e. The van der Waals surface area contributed by atoms with Gasteiger partial charge in [-0.15, -0.1) is 0 Å². The van der Waals surface area contributed by atoms with E-state index in [9.17, 15) is 4.79 Å². The molecule has 0 fully saturated rings. The number of nitrogens with zero attached hydrogens (tertiary/aromatic N) is 3. The second-order valence-corrected chi connectivity index (χ2v) is 2.74. The van der Waals surface area contributed by atoms with Crippen LogP contribution in [0.15, 0.2) is 4.63 Å². The number of nitrogens with two attached hydrogens (primary N) is 1. The van der Waals surface area contributed by atoms with Gasteiger partial charge in [-0.25, -0.2) is 4.63 Å². The SMILES string of the molecule is Nc1nonc1C(=O)N(CCO)CCO. The monoisotopic (exact) mass is 216 g/mol. The number of aliphatic hydroxyl groups is 2. The van der Waals surface area contributed by atoms with Crippen LogP contribution in [0.1, 0.15) is 10.5 Å². The summed E-state index contributed by atoms with van der Waals surface area (Å²) in [6, 6.07) is 0. The Morgan fingerprint density at radius 1 is 1.33 bits per heavy atom. The van der Waals surface area contributed by atoms with E-state index < -0.39 is 5.91 Å². The molecule has 0 atom stereocenters.